The Morgan fingerprint density at radius 2 is 1.11 bits per heavy atom. The maximum Gasteiger partial charge on any atom is 0.115 e. The third-order valence-corrected chi connectivity index (χ3v) is 3.48. The molecule has 0 heterocycles. The third kappa shape index (κ3) is 4.44. The van der Waals surface area contributed by atoms with Crippen LogP contribution in [0, 0.1) is 0 Å². The van der Waals surface area contributed by atoms with Crippen LogP contribution in [0.2, 0.25) is 0 Å². The number of unbranched alkanes of at least 4 members (excludes halogenated alkanes) is 1. The number of aryl methyl sites for hydroxylation is 3. The first-order chi connectivity index (χ1) is 9.28. The van der Waals surface area contributed by atoms with Crippen molar-refractivity contribution in [3.8, 4) is 5.75 Å². The fourth-order valence-corrected chi connectivity index (χ4v) is 2.20. The zero-order valence-electron chi connectivity index (χ0n) is 11.6. The van der Waals surface area contributed by atoms with E-state index in [4.69, 9.17) is 0 Å². The minimum Gasteiger partial charge on any atom is -0.508 e. The predicted molar refractivity (Wildman–Crippen MR) is 80.6 cm³/mol. The summed E-state index contributed by atoms with van der Waals surface area (Å²) in [6.07, 6.45) is 5.79. The van der Waals surface area contributed by atoms with Crippen LogP contribution in [0.4, 0.5) is 0 Å². The summed E-state index contributed by atoms with van der Waals surface area (Å²) >= 11 is 0. The highest BCUT2D eigenvalue weighted by atomic mass is 16.3. The first kappa shape index (κ1) is 13.7. The van der Waals surface area contributed by atoms with Crippen LogP contribution in [0.3, 0.4) is 0 Å². The van der Waals surface area contributed by atoms with Crippen molar-refractivity contribution in [3.05, 3.63) is 65.2 Å². The van der Waals surface area contributed by atoms with Crippen LogP contribution in [0.1, 0.15) is 36.5 Å². The maximum absolute atomic E-state index is 9.24. The van der Waals surface area contributed by atoms with Crippen LogP contribution in [0.25, 0.3) is 0 Å². The van der Waals surface area contributed by atoms with E-state index in [0.29, 0.717) is 5.75 Å². The molecule has 19 heavy (non-hydrogen) atoms. The van der Waals surface area contributed by atoms with Crippen molar-refractivity contribution in [2.45, 2.75) is 39.0 Å². The first-order valence-corrected chi connectivity index (χ1v) is 7.13. The van der Waals surface area contributed by atoms with E-state index in [0.717, 1.165) is 12.8 Å². The number of hydrogen-bond donors (Lipinski definition) is 1. The molecule has 0 aliphatic rings. The highest BCUT2D eigenvalue weighted by Gasteiger charge is 1.98. The Labute approximate surface area is 115 Å². The second-order valence-electron chi connectivity index (χ2n) is 5.09. The Kier molecular flexibility index (Phi) is 5.02. The van der Waals surface area contributed by atoms with Crippen LogP contribution in [-0.4, -0.2) is 5.11 Å². The first-order valence-electron chi connectivity index (χ1n) is 7.13. The molecule has 2 rings (SSSR count). The zero-order chi connectivity index (χ0) is 13.5. The maximum atomic E-state index is 9.24. The highest BCUT2D eigenvalue weighted by Crippen LogP contribution is 2.13. The van der Waals surface area contributed by atoms with Crippen molar-refractivity contribution < 1.29 is 5.11 Å². The second-order valence-corrected chi connectivity index (χ2v) is 5.09. The van der Waals surface area contributed by atoms with Crippen LogP contribution < -0.4 is 0 Å². The minimum atomic E-state index is 0.337. The lowest BCUT2D eigenvalue weighted by atomic mass is 10.0. The normalized spacial score (nSPS) is 10.6. The molecule has 0 saturated heterocycles. The summed E-state index contributed by atoms with van der Waals surface area (Å²) in [7, 11) is 0. The van der Waals surface area contributed by atoms with Crippen molar-refractivity contribution in [2.24, 2.45) is 0 Å². The van der Waals surface area contributed by atoms with Gasteiger partial charge in [-0.15, -0.1) is 0 Å². The summed E-state index contributed by atoms with van der Waals surface area (Å²) in [5.41, 5.74) is 4.09. The van der Waals surface area contributed by atoms with Gasteiger partial charge >= 0.3 is 0 Å². The molecular weight excluding hydrogens is 232 g/mol. The molecule has 2 aromatic rings. The molecule has 0 spiro atoms. The number of benzene rings is 2. The summed E-state index contributed by atoms with van der Waals surface area (Å²) in [4.78, 5) is 0. The molecule has 1 nitrogen and oxygen atoms in total. The van der Waals surface area contributed by atoms with Crippen LogP contribution in [0.15, 0.2) is 48.5 Å². The van der Waals surface area contributed by atoms with Crippen molar-refractivity contribution in [1.82, 2.24) is 0 Å². The quantitative estimate of drug-likeness (QED) is 0.803. The Morgan fingerprint density at radius 1 is 0.684 bits per heavy atom. The Hall–Kier alpha value is -1.76. The van der Waals surface area contributed by atoms with Crippen molar-refractivity contribution in [1.29, 1.82) is 0 Å². The van der Waals surface area contributed by atoms with Gasteiger partial charge in [-0.1, -0.05) is 49.7 Å². The van der Waals surface area contributed by atoms with Gasteiger partial charge in [-0.3, -0.25) is 0 Å². The van der Waals surface area contributed by atoms with Gasteiger partial charge < -0.3 is 5.11 Å². The summed E-state index contributed by atoms with van der Waals surface area (Å²) < 4.78 is 0. The van der Waals surface area contributed by atoms with Crippen LogP contribution in [0.5, 0.6) is 5.75 Å². The zero-order valence-corrected chi connectivity index (χ0v) is 11.6. The summed E-state index contributed by atoms with van der Waals surface area (Å²) in [6, 6.07) is 16.5. The van der Waals surface area contributed by atoms with E-state index in [-0.39, 0.29) is 0 Å². The van der Waals surface area contributed by atoms with Crippen molar-refractivity contribution >= 4 is 0 Å². The largest absolute Gasteiger partial charge is 0.508 e. The SMILES string of the molecule is CCCCc1ccc(CCc2ccc(O)cc2)cc1. The molecule has 0 aromatic heterocycles. The van der Waals surface area contributed by atoms with E-state index in [2.05, 4.69) is 31.2 Å². The second kappa shape index (κ2) is 6.98. The fraction of sp³-hybridized carbons (Fsp3) is 0.333. The van der Waals surface area contributed by atoms with Crippen molar-refractivity contribution in [2.75, 3.05) is 0 Å². The van der Waals surface area contributed by atoms with E-state index in [1.165, 1.54) is 36.0 Å². The number of phenols is 1. The van der Waals surface area contributed by atoms with E-state index < -0.39 is 0 Å². The average Bonchev–Trinajstić information content (AvgIpc) is 2.46. The molecule has 2 aromatic carbocycles. The molecule has 100 valence electrons. The lowest BCUT2D eigenvalue weighted by molar-refractivity contribution is 0.475. The summed E-state index contributed by atoms with van der Waals surface area (Å²) in [5, 5.41) is 9.24. The molecular formula is C18H22O. The van der Waals surface area contributed by atoms with E-state index in [1.807, 2.05) is 12.1 Å². The molecule has 1 heteroatoms. The van der Waals surface area contributed by atoms with Gasteiger partial charge in [-0.2, -0.15) is 0 Å². The predicted octanol–water partition coefficient (Wildman–Crippen LogP) is 4.52. The van der Waals surface area contributed by atoms with Gasteiger partial charge in [0.2, 0.25) is 0 Å². The van der Waals surface area contributed by atoms with E-state index >= 15 is 0 Å². The summed E-state index contributed by atoms with van der Waals surface area (Å²) in [6.45, 7) is 2.23. The molecule has 0 unspecified atom stereocenters. The number of phenolic OH excluding ortho intramolecular Hbond substituents is 1. The lowest BCUT2D eigenvalue weighted by Crippen LogP contribution is -1.92. The molecule has 0 amide bonds. The molecule has 0 atom stereocenters. The molecule has 0 fully saturated rings. The van der Waals surface area contributed by atoms with Gasteiger partial charge in [0, 0.05) is 0 Å². The molecule has 0 saturated carbocycles. The standard InChI is InChI=1S/C18H22O/c1-2-3-4-15-5-7-16(8-6-15)9-10-17-11-13-18(19)14-12-17/h5-8,11-14,19H,2-4,9-10H2,1H3. The smallest absolute Gasteiger partial charge is 0.115 e. The lowest BCUT2D eigenvalue weighted by Gasteiger charge is -2.05. The molecule has 1 N–H and O–H groups in total. The van der Waals surface area contributed by atoms with E-state index in [9.17, 15) is 5.11 Å². The monoisotopic (exact) mass is 254 g/mol. The third-order valence-electron chi connectivity index (χ3n) is 3.48. The van der Waals surface area contributed by atoms with Crippen LogP contribution >= 0.6 is 0 Å². The molecule has 0 aliphatic heterocycles. The van der Waals surface area contributed by atoms with Gasteiger partial charge in [0.15, 0.2) is 0 Å². The van der Waals surface area contributed by atoms with E-state index in [1.54, 1.807) is 12.1 Å². The number of hydrogen-bond acceptors (Lipinski definition) is 1. The van der Waals surface area contributed by atoms with Crippen LogP contribution in [-0.2, 0) is 19.3 Å². The van der Waals surface area contributed by atoms with Gasteiger partial charge in [0.1, 0.15) is 5.75 Å². The van der Waals surface area contributed by atoms with Gasteiger partial charge in [0.05, 0.1) is 0 Å². The topological polar surface area (TPSA) is 20.2 Å². The Balaban J connectivity index is 1.87. The number of aromatic hydroxyl groups is 1. The van der Waals surface area contributed by atoms with Gasteiger partial charge in [0.25, 0.3) is 0 Å². The Bertz CT molecular complexity index is 482. The van der Waals surface area contributed by atoms with Gasteiger partial charge in [-0.05, 0) is 54.5 Å². The average molecular weight is 254 g/mol. The highest BCUT2D eigenvalue weighted by molar-refractivity contribution is 5.28. The Morgan fingerprint density at radius 3 is 1.58 bits per heavy atom. The molecule has 0 bridgehead atoms. The minimum absolute atomic E-state index is 0.337. The summed E-state index contributed by atoms with van der Waals surface area (Å²) in [5.74, 6) is 0.337. The van der Waals surface area contributed by atoms with Crippen molar-refractivity contribution in [3.63, 3.8) is 0 Å². The van der Waals surface area contributed by atoms with Gasteiger partial charge in [-0.25, -0.2) is 0 Å². The molecule has 0 aliphatic carbocycles. The molecule has 0 radical (unpaired) electrons. The number of rotatable bonds is 6. The fourth-order valence-electron chi connectivity index (χ4n) is 2.20.